The van der Waals surface area contributed by atoms with Crippen LogP contribution in [-0.4, -0.2) is 17.6 Å². The van der Waals surface area contributed by atoms with Crippen LogP contribution >= 0.6 is 0 Å². The third-order valence-electron chi connectivity index (χ3n) is 3.27. The number of imide groups is 1. The van der Waals surface area contributed by atoms with Crippen molar-refractivity contribution in [1.82, 2.24) is 5.32 Å². The van der Waals surface area contributed by atoms with Crippen LogP contribution in [0.5, 0.6) is 0 Å². The molecule has 1 heterocycles. The molecule has 98 valence electrons. The van der Waals surface area contributed by atoms with Gasteiger partial charge in [0, 0.05) is 0 Å². The molecule has 2 amide bonds. The number of carbonyl (C=O) groups is 2. The normalized spacial score (nSPS) is 23.6. The molecule has 0 spiro atoms. The van der Waals surface area contributed by atoms with E-state index in [1.54, 1.807) is 6.92 Å². The van der Waals surface area contributed by atoms with Gasteiger partial charge in [0.25, 0.3) is 5.91 Å². The Balaban J connectivity index is 2.10. The zero-order valence-electron chi connectivity index (χ0n) is 10.9. The van der Waals surface area contributed by atoms with E-state index in [1.807, 2.05) is 0 Å². The minimum Gasteiger partial charge on any atom is -0.433 e. The van der Waals surface area contributed by atoms with E-state index in [1.165, 1.54) is 32.1 Å². The number of cyclic esters (lactones) is 1. The predicted molar refractivity (Wildman–Crippen MR) is 65.6 cm³/mol. The Bertz CT molecular complexity index is 278. The van der Waals surface area contributed by atoms with Gasteiger partial charge in [0.15, 0.2) is 5.60 Å². The van der Waals surface area contributed by atoms with E-state index in [0.717, 1.165) is 12.8 Å². The van der Waals surface area contributed by atoms with Gasteiger partial charge in [-0.3, -0.25) is 10.1 Å². The van der Waals surface area contributed by atoms with Crippen LogP contribution in [0.2, 0.25) is 0 Å². The standard InChI is InChI=1S/C13H23NO3/c1-3-4-5-6-7-8-9-10-13(2)11(15)14-12(16)17-13/h3-10H2,1-2H3,(H,14,15,16). The summed E-state index contributed by atoms with van der Waals surface area (Å²) in [7, 11) is 0. The van der Waals surface area contributed by atoms with Crippen LogP contribution in [-0.2, 0) is 9.53 Å². The number of nitrogens with one attached hydrogen (secondary N) is 1. The fraction of sp³-hybridized carbons (Fsp3) is 0.846. The lowest BCUT2D eigenvalue weighted by atomic mass is 9.97. The Kier molecular flexibility index (Phi) is 5.45. The third kappa shape index (κ3) is 4.36. The minimum atomic E-state index is -0.930. The highest BCUT2D eigenvalue weighted by atomic mass is 16.6. The van der Waals surface area contributed by atoms with Gasteiger partial charge < -0.3 is 4.74 Å². The lowest BCUT2D eigenvalue weighted by Gasteiger charge is -2.18. The summed E-state index contributed by atoms with van der Waals surface area (Å²) in [4.78, 5) is 22.4. The van der Waals surface area contributed by atoms with Crippen LogP contribution < -0.4 is 5.32 Å². The maximum atomic E-state index is 11.5. The second kappa shape index (κ2) is 6.62. The van der Waals surface area contributed by atoms with Crippen molar-refractivity contribution in [3.05, 3.63) is 0 Å². The number of alkyl carbamates (subject to hydrolysis) is 1. The van der Waals surface area contributed by atoms with Crippen LogP contribution in [0, 0.1) is 0 Å². The summed E-state index contributed by atoms with van der Waals surface area (Å²) in [5, 5.41) is 2.18. The van der Waals surface area contributed by atoms with Gasteiger partial charge in [0.05, 0.1) is 0 Å². The van der Waals surface area contributed by atoms with Crippen molar-refractivity contribution in [2.45, 2.75) is 70.8 Å². The molecule has 1 unspecified atom stereocenters. The van der Waals surface area contributed by atoms with Crippen molar-refractivity contribution in [2.24, 2.45) is 0 Å². The smallest absolute Gasteiger partial charge is 0.415 e. The van der Waals surface area contributed by atoms with Crippen molar-refractivity contribution in [1.29, 1.82) is 0 Å². The molecule has 4 nitrogen and oxygen atoms in total. The fourth-order valence-electron chi connectivity index (χ4n) is 2.09. The highest BCUT2D eigenvalue weighted by Crippen LogP contribution is 2.24. The van der Waals surface area contributed by atoms with Gasteiger partial charge in [-0.1, -0.05) is 45.4 Å². The van der Waals surface area contributed by atoms with E-state index in [9.17, 15) is 9.59 Å². The molecule has 1 saturated heterocycles. The average Bonchev–Trinajstić information content (AvgIpc) is 2.52. The molecule has 1 aliphatic heterocycles. The molecule has 0 aromatic rings. The Morgan fingerprint density at radius 2 is 1.65 bits per heavy atom. The zero-order chi connectivity index (χ0) is 12.7. The first-order valence-electron chi connectivity index (χ1n) is 6.63. The number of carbonyl (C=O) groups excluding carboxylic acids is 2. The number of hydrogen-bond donors (Lipinski definition) is 1. The summed E-state index contributed by atoms with van der Waals surface area (Å²) >= 11 is 0. The Morgan fingerprint density at radius 1 is 1.06 bits per heavy atom. The third-order valence-corrected chi connectivity index (χ3v) is 3.27. The molecule has 1 rings (SSSR count). The first-order chi connectivity index (χ1) is 8.08. The quantitative estimate of drug-likeness (QED) is 0.664. The molecule has 0 aromatic carbocycles. The topological polar surface area (TPSA) is 55.4 Å². The van der Waals surface area contributed by atoms with Crippen LogP contribution in [0.15, 0.2) is 0 Å². The Labute approximate surface area is 103 Å². The molecule has 1 fully saturated rings. The summed E-state index contributed by atoms with van der Waals surface area (Å²) in [5.41, 5.74) is -0.930. The van der Waals surface area contributed by atoms with Crippen molar-refractivity contribution in [2.75, 3.05) is 0 Å². The lowest BCUT2D eigenvalue weighted by Crippen LogP contribution is -2.35. The number of ether oxygens (including phenoxy) is 1. The van der Waals surface area contributed by atoms with E-state index < -0.39 is 11.7 Å². The second-order valence-electron chi connectivity index (χ2n) is 4.95. The van der Waals surface area contributed by atoms with Gasteiger partial charge in [0.2, 0.25) is 0 Å². The van der Waals surface area contributed by atoms with Gasteiger partial charge in [-0.05, 0) is 19.8 Å². The first-order valence-corrected chi connectivity index (χ1v) is 6.63. The molecular weight excluding hydrogens is 218 g/mol. The molecule has 1 aliphatic rings. The second-order valence-corrected chi connectivity index (χ2v) is 4.95. The Morgan fingerprint density at radius 3 is 2.18 bits per heavy atom. The summed E-state index contributed by atoms with van der Waals surface area (Å²) in [6.07, 6.45) is 8.36. The maximum absolute atomic E-state index is 11.5. The summed E-state index contributed by atoms with van der Waals surface area (Å²) in [6.45, 7) is 3.89. The van der Waals surface area contributed by atoms with Crippen LogP contribution in [0.4, 0.5) is 4.79 Å². The van der Waals surface area contributed by atoms with Crippen LogP contribution in [0.25, 0.3) is 0 Å². The first kappa shape index (κ1) is 14.0. The van der Waals surface area contributed by atoms with Crippen molar-refractivity contribution >= 4 is 12.0 Å². The fourth-order valence-corrected chi connectivity index (χ4v) is 2.09. The van der Waals surface area contributed by atoms with Crippen molar-refractivity contribution in [3.8, 4) is 0 Å². The number of amides is 2. The lowest BCUT2D eigenvalue weighted by molar-refractivity contribution is -0.130. The van der Waals surface area contributed by atoms with Crippen molar-refractivity contribution < 1.29 is 14.3 Å². The molecular formula is C13H23NO3. The van der Waals surface area contributed by atoms with Crippen LogP contribution in [0.1, 0.15) is 65.2 Å². The van der Waals surface area contributed by atoms with Crippen LogP contribution in [0.3, 0.4) is 0 Å². The number of unbranched alkanes of at least 4 members (excludes halogenated alkanes) is 6. The van der Waals surface area contributed by atoms with E-state index in [0.29, 0.717) is 6.42 Å². The van der Waals surface area contributed by atoms with Gasteiger partial charge in [-0.25, -0.2) is 4.79 Å². The zero-order valence-corrected chi connectivity index (χ0v) is 10.9. The van der Waals surface area contributed by atoms with E-state index in [2.05, 4.69) is 12.2 Å². The molecule has 0 saturated carbocycles. The largest absolute Gasteiger partial charge is 0.433 e. The van der Waals surface area contributed by atoms with Gasteiger partial charge in [0.1, 0.15) is 0 Å². The molecule has 1 atom stereocenters. The summed E-state index contributed by atoms with van der Waals surface area (Å²) in [6, 6.07) is 0. The molecule has 17 heavy (non-hydrogen) atoms. The maximum Gasteiger partial charge on any atom is 0.415 e. The van der Waals surface area contributed by atoms with Gasteiger partial charge in [-0.2, -0.15) is 0 Å². The molecule has 0 aliphatic carbocycles. The number of hydrogen-bond acceptors (Lipinski definition) is 3. The Hall–Kier alpha value is -1.06. The summed E-state index contributed by atoms with van der Waals surface area (Å²) < 4.78 is 5.01. The average molecular weight is 241 g/mol. The molecule has 4 heteroatoms. The highest BCUT2D eigenvalue weighted by molar-refractivity contribution is 6.02. The predicted octanol–water partition coefficient (Wildman–Crippen LogP) is 3.15. The van der Waals surface area contributed by atoms with E-state index in [-0.39, 0.29) is 5.91 Å². The molecule has 0 radical (unpaired) electrons. The molecule has 1 N–H and O–H groups in total. The summed E-state index contributed by atoms with van der Waals surface area (Å²) in [5.74, 6) is -0.298. The molecule has 0 bridgehead atoms. The minimum absolute atomic E-state index is 0.298. The van der Waals surface area contributed by atoms with Crippen molar-refractivity contribution in [3.63, 3.8) is 0 Å². The van der Waals surface area contributed by atoms with E-state index in [4.69, 9.17) is 4.74 Å². The van der Waals surface area contributed by atoms with Gasteiger partial charge in [-0.15, -0.1) is 0 Å². The number of rotatable bonds is 8. The van der Waals surface area contributed by atoms with Gasteiger partial charge >= 0.3 is 6.09 Å². The highest BCUT2D eigenvalue weighted by Gasteiger charge is 2.43. The molecule has 0 aromatic heterocycles. The monoisotopic (exact) mass is 241 g/mol. The van der Waals surface area contributed by atoms with E-state index >= 15 is 0 Å². The SMILES string of the molecule is CCCCCCCCCC1(C)OC(=O)NC1=O.